The minimum absolute atomic E-state index is 0.384. The molecule has 0 unspecified atom stereocenters. The summed E-state index contributed by atoms with van der Waals surface area (Å²) in [6.07, 6.45) is 0. The van der Waals surface area contributed by atoms with Crippen molar-refractivity contribution in [3.8, 4) is 5.75 Å². The van der Waals surface area contributed by atoms with Crippen molar-refractivity contribution in [3.63, 3.8) is 0 Å². The molecule has 0 aliphatic rings. The maximum absolute atomic E-state index is 11.6. The first-order chi connectivity index (χ1) is 8.04. The topological polar surface area (TPSA) is 87.7 Å². The van der Waals surface area contributed by atoms with E-state index in [9.17, 15) is 9.59 Å². The van der Waals surface area contributed by atoms with E-state index in [4.69, 9.17) is 9.84 Å². The lowest BCUT2D eigenvalue weighted by atomic mass is 10.2. The van der Waals surface area contributed by atoms with Crippen molar-refractivity contribution in [3.05, 3.63) is 29.8 Å². The molecule has 0 radical (unpaired) electrons. The van der Waals surface area contributed by atoms with Crippen molar-refractivity contribution in [2.24, 2.45) is 0 Å². The first kappa shape index (κ1) is 13.0. The number of hydrogen-bond acceptors (Lipinski definition) is 4. The third-order valence-electron chi connectivity index (χ3n) is 2.10. The Labute approximate surface area is 98.6 Å². The monoisotopic (exact) mass is 238 g/mol. The summed E-state index contributed by atoms with van der Waals surface area (Å²) in [4.78, 5) is 22.1. The average Bonchev–Trinajstić information content (AvgIpc) is 2.35. The Morgan fingerprint density at radius 3 is 2.71 bits per heavy atom. The summed E-state index contributed by atoms with van der Waals surface area (Å²) in [5.41, 5.74) is 5.07. The number of rotatable bonds is 5. The minimum Gasteiger partial charge on any atom is -0.497 e. The van der Waals surface area contributed by atoms with Crippen molar-refractivity contribution in [1.82, 2.24) is 10.9 Å². The van der Waals surface area contributed by atoms with Gasteiger partial charge in [0.1, 0.15) is 11.8 Å². The quantitative estimate of drug-likeness (QED) is 0.646. The van der Waals surface area contributed by atoms with Crippen LogP contribution in [0.1, 0.15) is 17.3 Å². The number of carbonyl (C=O) groups excluding carboxylic acids is 1. The number of nitrogens with one attached hydrogen (secondary N) is 2. The van der Waals surface area contributed by atoms with E-state index in [-0.39, 0.29) is 0 Å². The summed E-state index contributed by atoms with van der Waals surface area (Å²) in [7, 11) is 1.50. The van der Waals surface area contributed by atoms with E-state index >= 15 is 0 Å². The van der Waals surface area contributed by atoms with Crippen molar-refractivity contribution >= 4 is 11.9 Å². The summed E-state index contributed by atoms with van der Waals surface area (Å²) in [5.74, 6) is -0.906. The second-order valence-corrected chi connectivity index (χ2v) is 3.39. The lowest BCUT2D eigenvalue weighted by Crippen LogP contribution is -2.46. The minimum atomic E-state index is -1.05. The lowest BCUT2D eigenvalue weighted by molar-refractivity contribution is -0.139. The highest BCUT2D eigenvalue weighted by atomic mass is 16.5. The Morgan fingerprint density at radius 1 is 1.41 bits per heavy atom. The van der Waals surface area contributed by atoms with Gasteiger partial charge in [0, 0.05) is 5.56 Å². The lowest BCUT2D eigenvalue weighted by Gasteiger charge is -2.10. The van der Waals surface area contributed by atoms with Gasteiger partial charge < -0.3 is 9.84 Å². The van der Waals surface area contributed by atoms with Crippen LogP contribution in [0, 0.1) is 0 Å². The molecular formula is C11H14N2O4. The number of carbonyl (C=O) groups is 2. The number of amides is 1. The van der Waals surface area contributed by atoms with Gasteiger partial charge in [-0.15, -0.1) is 0 Å². The fourth-order valence-electron chi connectivity index (χ4n) is 1.07. The van der Waals surface area contributed by atoms with Crippen LogP contribution in [0.4, 0.5) is 0 Å². The van der Waals surface area contributed by atoms with Crippen molar-refractivity contribution < 1.29 is 19.4 Å². The molecule has 0 spiro atoms. The molecule has 0 heterocycles. The first-order valence-electron chi connectivity index (χ1n) is 4.97. The summed E-state index contributed by atoms with van der Waals surface area (Å²) >= 11 is 0. The smallest absolute Gasteiger partial charge is 0.322 e. The number of aliphatic carboxylic acids is 1. The maximum atomic E-state index is 11.6. The summed E-state index contributed by atoms with van der Waals surface area (Å²) in [6, 6.07) is 5.69. The van der Waals surface area contributed by atoms with Gasteiger partial charge in [-0.05, 0) is 25.1 Å². The van der Waals surface area contributed by atoms with Crippen molar-refractivity contribution in [1.29, 1.82) is 0 Å². The van der Waals surface area contributed by atoms with Crippen LogP contribution >= 0.6 is 0 Å². The number of hydrazine groups is 1. The molecular weight excluding hydrogens is 224 g/mol. The van der Waals surface area contributed by atoms with Gasteiger partial charge in [0.2, 0.25) is 0 Å². The van der Waals surface area contributed by atoms with Gasteiger partial charge in [-0.25, -0.2) is 5.43 Å². The molecule has 1 atom stereocenters. The molecule has 1 aromatic carbocycles. The van der Waals surface area contributed by atoms with Crippen LogP contribution < -0.4 is 15.6 Å². The summed E-state index contributed by atoms with van der Waals surface area (Å²) in [6.45, 7) is 1.42. The summed E-state index contributed by atoms with van der Waals surface area (Å²) < 4.78 is 4.97. The van der Waals surface area contributed by atoms with Gasteiger partial charge in [0.25, 0.3) is 5.91 Å². The molecule has 0 fully saturated rings. The predicted molar refractivity (Wildman–Crippen MR) is 60.7 cm³/mol. The number of hydrogen-bond donors (Lipinski definition) is 3. The number of carboxylic acid groups (broad SMARTS) is 1. The molecule has 6 nitrogen and oxygen atoms in total. The first-order valence-corrected chi connectivity index (χ1v) is 4.97. The second kappa shape index (κ2) is 5.86. The zero-order chi connectivity index (χ0) is 12.8. The highest BCUT2D eigenvalue weighted by molar-refractivity contribution is 5.94. The van der Waals surface area contributed by atoms with Crippen molar-refractivity contribution in [2.45, 2.75) is 13.0 Å². The molecule has 17 heavy (non-hydrogen) atoms. The van der Waals surface area contributed by atoms with E-state index in [2.05, 4.69) is 10.9 Å². The Morgan fingerprint density at radius 2 is 2.12 bits per heavy atom. The molecule has 0 aliphatic heterocycles. The fraction of sp³-hybridized carbons (Fsp3) is 0.273. The Bertz CT molecular complexity index is 420. The maximum Gasteiger partial charge on any atom is 0.322 e. The van der Waals surface area contributed by atoms with Crippen LogP contribution in [0.25, 0.3) is 0 Å². The SMILES string of the molecule is COc1cccc(C(=O)NN[C@@H](C)C(=O)O)c1. The van der Waals surface area contributed by atoms with Gasteiger partial charge in [0.15, 0.2) is 0 Å². The molecule has 0 saturated carbocycles. The van der Waals surface area contributed by atoms with Gasteiger partial charge in [-0.3, -0.25) is 15.0 Å². The fourth-order valence-corrected chi connectivity index (χ4v) is 1.07. The highest BCUT2D eigenvalue weighted by Gasteiger charge is 2.12. The second-order valence-electron chi connectivity index (χ2n) is 3.39. The molecule has 0 saturated heterocycles. The van der Waals surface area contributed by atoms with E-state index in [1.807, 2.05) is 0 Å². The Kier molecular flexibility index (Phi) is 4.47. The largest absolute Gasteiger partial charge is 0.497 e. The zero-order valence-corrected chi connectivity index (χ0v) is 9.56. The number of carboxylic acids is 1. The van der Waals surface area contributed by atoms with E-state index in [0.29, 0.717) is 11.3 Å². The molecule has 0 aromatic heterocycles. The number of benzene rings is 1. The third kappa shape index (κ3) is 3.76. The van der Waals surface area contributed by atoms with Gasteiger partial charge in [-0.2, -0.15) is 0 Å². The van der Waals surface area contributed by atoms with Gasteiger partial charge in [0.05, 0.1) is 7.11 Å². The normalized spacial score (nSPS) is 11.6. The molecule has 1 aromatic rings. The molecule has 0 bridgehead atoms. The van der Waals surface area contributed by atoms with Crippen LogP contribution in [0.5, 0.6) is 5.75 Å². The number of ether oxygens (including phenoxy) is 1. The standard InChI is InChI=1S/C11H14N2O4/c1-7(11(15)16)12-13-10(14)8-4-3-5-9(6-8)17-2/h3-7,12H,1-2H3,(H,13,14)(H,15,16)/t7-/m0/s1. The van der Waals surface area contributed by atoms with Crippen LogP contribution in [0.3, 0.4) is 0 Å². The van der Waals surface area contributed by atoms with Crippen LogP contribution in [-0.2, 0) is 4.79 Å². The molecule has 0 aliphatic carbocycles. The van der Waals surface area contributed by atoms with Crippen LogP contribution in [-0.4, -0.2) is 30.1 Å². The predicted octanol–water partition coefficient (Wildman–Crippen LogP) is 0.403. The Hall–Kier alpha value is -2.08. The highest BCUT2D eigenvalue weighted by Crippen LogP contribution is 2.11. The van der Waals surface area contributed by atoms with Crippen LogP contribution in [0.15, 0.2) is 24.3 Å². The molecule has 1 amide bonds. The molecule has 92 valence electrons. The van der Waals surface area contributed by atoms with Gasteiger partial charge >= 0.3 is 5.97 Å². The van der Waals surface area contributed by atoms with E-state index < -0.39 is 17.9 Å². The third-order valence-corrected chi connectivity index (χ3v) is 2.10. The van der Waals surface area contributed by atoms with E-state index in [1.54, 1.807) is 24.3 Å². The zero-order valence-electron chi connectivity index (χ0n) is 9.56. The van der Waals surface area contributed by atoms with E-state index in [0.717, 1.165) is 0 Å². The summed E-state index contributed by atoms with van der Waals surface area (Å²) in [5, 5.41) is 8.61. The Balaban J connectivity index is 2.60. The van der Waals surface area contributed by atoms with Crippen LogP contribution in [0.2, 0.25) is 0 Å². The van der Waals surface area contributed by atoms with Gasteiger partial charge in [-0.1, -0.05) is 6.07 Å². The number of methoxy groups -OCH3 is 1. The molecule has 6 heteroatoms. The molecule has 3 N–H and O–H groups in total. The van der Waals surface area contributed by atoms with E-state index in [1.165, 1.54) is 14.0 Å². The molecule has 1 rings (SSSR count). The van der Waals surface area contributed by atoms with Crippen molar-refractivity contribution in [2.75, 3.05) is 7.11 Å². The average molecular weight is 238 g/mol.